The summed E-state index contributed by atoms with van der Waals surface area (Å²) in [5.74, 6) is 0. The third-order valence-corrected chi connectivity index (χ3v) is 3.29. The van der Waals surface area contributed by atoms with Gasteiger partial charge in [0, 0.05) is 6.20 Å². The fourth-order valence-corrected chi connectivity index (χ4v) is 2.42. The molecule has 2 nitrogen and oxygen atoms in total. The maximum atomic E-state index is 5.95. The van der Waals surface area contributed by atoms with Crippen LogP contribution in [-0.2, 0) is 0 Å². The molecule has 2 aromatic carbocycles. The van der Waals surface area contributed by atoms with Gasteiger partial charge in [-0.1, -0.05) is 72.3 Å². The molecule has 0 saturated carbocycles. The fraction of sp³-hybridized carbons (Fsp3) is 0.0625. The zero-order valence-electron chi connectivity index (χ0n) is 10.3. The van der Waals surface area contributed by atoms with Crippen LogP contribution in [0.15, 0.2) is 73.2 Å². The van der Waals surface area contributed by atoms with E-state index in [1.807, 2.05) is 47.2 Å². The first-order chi connectivity index (χ1) is 9.34. The van der Waals surface area contributed by atoms with Crippen molar-refractivity contribution in [3.05, 3.63) is 89.5 Å². The van der Waals surface area contributed by atoms with Crippen LogP contribution in [0.25, 0.3) is 0 Å². The van der Waals surface area contributed by atoms with Crippen molar-refractivity contribution in [2.24, 2.45) is 0 Å². The van der Waals surface area contributed by atoms with Gasteiger partial charge in [0.25, 0.3) is 0 Å². The molecular formula is C16H13ClN2. The molecule has 0 N–H and O–H groups in total. The lowest BCUT2D eigenvalue weighted by molar-refractivity contribution is 0.677. The predicted molar refractivity (Wildman–Crippen MR) is 77.4 cm³/mol. The summed E-state index contributed by atoms with van der Waals surface area (Å²) in [7, 11) is 0. The third kappa shape index (κ3) is 2.54. The van der Waals surface area contributed by atoms with Crippen molar-refractivity contribution >= 4 is 11.6 Å². The first-order valence-electron chi connectivity index (χ1n) is 6.13. The fourth-order valence-electron chi connectivity index (χ4n) is 2.26. The topological polar surface area (TPSA) is 17.8 Å². The number of imidazole rings is 1. The van der Waals surface area contributed by atoms with Crippen molar-refractivity contribution in [1.82, 2.24) is 9.55 Å². The molecule has 0 unspecified atom stereocenters. The average Bonchev–Trinajstić information content (AvgIpc) is 2.88. The van der Waals surface area contributed by atoms with Crippen molar-refractivity contribution in [2.45, 2.75) is 6.04 Å². The van der Waals surface area contributed by atoms with Crippen LogP contribution < -0.4 is 0 Å². The van der Waals surface area contributed by atoms with Gasteiger partial charge in [-0.25, -0.2) is 4.98 Å². The van der Waals surface area contributed by atoms with Crippen molar-refractivity contribution in [3.63, 3.8) is 0 Å². The Morgan fingerprint density at radius 2 is 1.37 bits per heavy atom. The molecule has 1 aromatic heterocycles. The van der Waals surface area contributed by atoms with Crippen molar-refractivity contribution < 1.29 is 0 Å². The molecule has 0 aliphatic heterocycles. The van der Waals surface area contributed by atoms with Crippen LogP contribution >= 0.6 is 11.6 Å². The molecule has 0 aliphatic carbocycles. The summed E-state index contributed by atoms with van der Waals surface area (Å²) in [6.45, 7) is 0. The molecule has 19 heavy (non-hydrogen) atoms. The van der Waals surface area contributed by atoms with E-state index < -0.39 is 0 Å². The summed E-state index contributed by atoms with van der Waals surface area (Å²) >= 11 is 5.95. The van der Waals surface area contributed by atoms with Crippen molar-refractivity contribution in [3.8, 4) is 0 Å². The highest BCUT2D eigenvalue weighted by Gasteiger charge is 2.15. The normalized spacial score (nSPS) is 10.8. The van der Waals surface area contributed by atoms with E-state index in [0.29, 0.717) is 5.15 Å². The highest BCUT2D eigenvalue weighted by molar-refractivity contribution is 6.29. The summed E-state index contributed by atoms with van der Waals surface area (Å²) in [6, 6.07) is 20.8. The molecular weight excluding hydrogens is 256 g/mol. The quantitative estimate of drug-likeness (QED) is 0.697. The maximum absolute atomic E-state index is 5.95. The predicted octanol–water partition coefficient (Wildman–Crippen LogP) is 4.17. The van der Waals surface area contributed by atoms with Crippen molar-refractivity contribution in [1.29, 1.82) is 0 Å². The van der Waals surface area contributed by atoms with Crippen LogP contribution in [0.1, 0.15) is 17.2 Å². The molecule has 0 saturated heterocycles. The van der Waals surface area contributed by atoms with Gasteiger partial charge >= 0.3 is 0 Å². The Morgan fingerprint density at radius 3 is 1.79 bits per heavy atom. The number of nitrogens with zero attached hydrogens (tertiary/aromatic N) is 2. The zero-order chi connectivity index (χ0) is 13.1. The lowest BCUT2D eigenvalue weighted by atomic mass is 9.99. The van der Waals surface area contributed by atoms with Gasteiger partial charge in [0.1, 0.15) is 5.15 Å². The second-order valence-electron chi connectivity index (χ2n) is 4.37. The van der Waals surface area contributed by atoms with Gasteiger partial charge in [-0.05, 0) is 11.1 Å². The van der Waals surface area contributed by atoms with Gasteiger partial charge in [-0.2, -0.15) is 0 Å². The first-order valence-corrected chi connectivity index (χ1v) is 6.51. The molecule has 1 heterocycles. The highest BCUT2D eigenvalue weighted by Crippen LogP contribution is 2.27. The smallest absolute Gasteiger partial charge is 0.147 e. The molecule has 0 fully saturated rings. The van der Waals surface area contributed by atoms with E-state index in [2.05, 4.69) is 29.2 Å². The van der Waals surface area contributed by atoms with Crippen LogP contribution in [0, 0.1) is 0 Å². The Hall–Kier alpha value is -2.06. The van der Waals surface area contributed by atoms with E-state index in [1.165, 1.54) is 11.1 Å². The van der Waals surface area contributed by atoms with E-state index in [-0.39, 0.29) is 6.04 Å². The summed E-state index contributed by atoms with van der Waals surface area (Å²) in [4.78, 5) is 4.12. The number of hydrogen-bond acceptors (Lipinski definition) is 1. The largest absolute Gasteiger partial charge is 0.324 e. The minimum Gasteiger partial charge on any atom is -0.324 e. The highest BCUT2D eigenvalue weighted by atomic mass is 35.5. The Kier molecular flexibility index (Phi) is 3.34. The minimum absolute atomic E-state index is 0.0994. The van der Waals surface area contributed by atoms with Gasteiger partial charge in [0.05, 0.1) is 12.4 Å². The molecule has 0 aliphatic rings. The Morgan fingerprint density at radius 1 is 0.842 bits per heavy atom. The van der Waals surface area contributed by atoms with Gasteiger partial charge in [-0.15, -0.1) is 0 Å². The number of hydrogen-bond donors (Lipinski definition) is 0. The van der Waals surface area contributed by atoms with Crippen LogP contribution in [0.5, 0.6) is 0 Å². The van der Waals surface area contributed by atoms with Crippen LogP contribution in [-0.4, -0.2) is 9.55 Å². The van der Waals surface area contributed by atoms with Crippen LogP contribution in [0.3, 0.4) is 0 Å². The summed E-state index contributed by atoms with van der Waals surface area (Å²) in [5, 5.41) is 0.511. The van der Waals surface area contributed by atoms with E-state index in [1.54, 1.807) is 6.33 Å². The third-order valence-electron chi connectivity index (χ3n) is 3.10. The van der Waals surface area contributed by atoms with Crippen molar-refractivity contribution in [2.75, 3.05) is 0 Å². The second kappa shape index (κ2) is 5.29. The summed E-state index contributed by atoms with van der Waals surface area (Å²) in [6.07, 6.45) is 3.62. The number of benzene rings is 2. The Bertz CT molecular complexity index is 607. The van der Waals surface area contributed by atoms with E-state index in [4.69, 9.17) is 11.6 Å². The van der Waals surface area contributed by atoms with E-state index in [9.17, 15) is 0 Å². The molecule has 0 radical (unpaired) electrons. The van der Waals surface area contributed by atoms with Gasteiger partial charge in [0.15, 0.2) is 0 Å². The molecule has 0 amide bonds. The van der Waals surface area contributed by atoms with Gasteiger partial charge in [0.2, 0.25) is 0 Å². The second-order valence-corrected chi connectivity index (χ2v) is 4.75. The average molecular weight is 269 g/mol. The molecule has 3 rings (SSSR count). The summed E-state index contributed by atoms with van der Waals surface area (Å²) < 4.78 is 2.03. The molecule has 3 heteroatoms. The molecule has 0 bridgehead atoms. The SMILES string of the molecule is Clc1cn(C(c2ccccc2)c2ccccc2)cn1. The van der Waals surface area contributed by atoms with E-state index >= 15 is 0 Å². The summed E-state index contributed by atoms with van der Waals surface area (Å²) in [5.41, 5.74) is 2.42. The van der Waals surface area contributed by atoms with Gasteiger partial charge < -0.3 is 4.57 Å². The Labute approximate surface area is 117 Å². The lowest BCUT2D eigenvalue weighted by Gasteiger charge is -2.19. The first kappa shape index (κ1) is 12.0. The van der Waals surface area contributed by atoms with Crippen LogP contribution in [0.2, 0.25) is 5.15 Å². The Balaban J connectivity index is 2.11. The number of halogens is 1. The standard InChI is InChI=1S/C16H13ClN2/c17-15-11-19(12-18-15)16(13-7-3-1-4-8-13)14-9-5-2-6-10-14/h1-12,16H. The molecule has 0 atom stereocenters. The molecule has 0 spiro atoms. The zero-order valence-corrected chi connectivity index (χ0v) is 11.0. The molecule has 94 valence electrons. The van der Waals surface area contributed by atoms with E-state index in [0.717, 1.165) is 0 Å². The van der Waals surface area contributed by atoms with Crippen LogP contribution in [0.4, 0.5) is 0 Å². The lowest BCUT2D eigenvalue weighted by Crippen LogP contribution is -2.10. The maximum Gasteiger partial charge on any atom is 0.147 e. The monoisotopic (exact) mass is 268 g/mol. The number of rotatable bonds is 3. The minimum atomic E-state index is 0.0994. The number of aromatic nitrogens is 2. The molecule has 3 aromatic rings. The van der Waals surface area contributed by atoms with Gasteiger partial charge in [-0.3, -0.25) is 0 Å².